The predicted molar refractivity (Wildman–Crippen MR) is 79.4 cm³/mol. The highest BCUT2D eigenvalue weighted by Gasteiger charge is 2.19. The van der Waals surface area contributed by atoms with Crippen LogP contribution in [0.4, 0.5) is 5.69 Å². The molecule has 0 aromatic heterocycles. The first kappa shape index (κ1) is 17.0. The summed E-state index contributed by atoms with van der Waals surface area (Å²) in [7, 11) is 0. The Hall–Kier alpha value is -2.09. The molecule has 0 spiro atoms. The molecule has 1 aromatic rings. The van der Waals surface area contributed by atoms with Crippen molar-refractivity contribution in [2.75, 3.05) is 12.0 Å². The second-order valence-electron chi connectivity index (χ2n) is 4.34. The number of carbonyl (C=O) groups excluding carboxylic acids is 1. The zero-order valence-corrected chi connectivity index (χ0v) is 12.3. The van der Waals surface area contributed by atoms with Gasteiger partial charge in [-0.05, 0) is 24.0 Å². The fraction of sp³-hybridized carbons (Fsp3) is 0.385. The summed E-state index contributed by atoms with van der Waals surface area (Å²) in [5.41, 5.74) is 0.369. The van der Waals surface area contributed by atoms with Gasteiger partial charge in [-0.15, -0.1) is 0 Å². The molecule has 21 heavy (non-hydrogen) atoms. The Labute approximate surface area is 125 Å². The first-order valence-electron chi connectivity index (χ1n) is 6.18. The van der Waals surface area contributed by atoms with Gasteiger partial charge in [0.25, 0.3) is 5.69 Å². The van der Waals surface area contributed by atoms with Crippen molar-refractivity contribution in [3.63, 3.8) is 0 Å². The topological polar surface area (TPSA) is 110 Å². The molecule has 0 aliphatic heterocycles. The van der Waals surface area contributed by atoms with E-state index in [1.54, 1.807) is 6.07 Å². The Morgan fingerprint density at radius 1 is 1.48 bits per heavy atom. The van der Waals surface area contributed by atoms with E-state index in [1.165, 1.54) is 30.0 Å². The summed E-state index contributed by atoms with van der Waals surface area (Å²) >= 11 is 1.49. The molecule has 0 aliphatic rings. The van der Waals surface area contributed by atoms with Crippen LogP contribution in [0.15, 0.2) is 24.3 Å². The molecule has 0 fully saturated rings. The predicted octanol–water partition coefficient (Wildman–Crippen LogP) is 1.46. The van der Waals surface area contributed by atoms with Crippen LogP contribution >= 0.6 is 11.8 Å². The van der Waals surface area contributed by atoms with Gasteiger partial charge in [-0.1, -0.05) is 12.1 Å². The summed E-state index contributed by atoms with van der Waals surface area (Å²) in [5, 5.41) is 22.1. The number of amides is 1. The molecular formula is C13H16N2O5S. The van der Waals surface area contributed by atoms with Crippen LogP contribution in [0.25, 0.3) is 0 Å². The molecule has 0 heterocycles. The van der Waals surface area contributed by atoms with E-state index in [1.807, 2.05) is 6.26 Å². The number of hydrogen-bond donors (Lipinski definition) is 2. The number of carboxylic acids is 1. The number of benzene rings is 1. The minimum absolute atomic E-state index is 0.0925. The third-order valence-electron chi connectivity index (χ3n) is 2.73. The summed E-state index contributed by atoms with van der Waals surface area (Å²) in [4.78, 5) is 33.0. The Morgan fingerprint density at radius 2 is 2.19 bits per heavy atom. The highest BCUT2D eigenvalue weighted by molar-refractivity contribution is 7.98. The Bertz CT molecular complexity index is 535. The van der Waals surface area contributed by atoms with Gasteiger partial charge in [0.2, 0.25) is 5.91 Å². The molecule has 114 valence electrons. The molecule has 2 N–H and O–H groups in total. The van der Waals surface area contributed by atoms with Gasteiger partial charge in [0.05, 0.1) is 11.3 Å². The van der Waals surface area contributed by atoms with Crippen LogP contribution < -0.4 is 5.32 Å². The number of hydrogen-bond acceptors (Lipinski definition) is 5. The molecule has 1 aromatic carbocycles. The molecule has 8 heteroatoms. The van der Waals surface area contributed by atoms with Gasteiger partial charge in [0, 0.05) is 12.1 Å². The zero-order chi connectivity index (χ0) is 15.8. The molecule has 7 nitrogen and oxygen atoms in total. The van der Waals surface area contributed by atoms with Gasteiger partial charge in [-0.25, -0.2) is 4.79 Å². The molecule has 0 saturated carbocycles. The van der Waals surface area contributed by atoms with Crippen LogP contribution in [-0.4, -0.2) is 40.0 Å². The third-order valence-corrected chi connectivity index (χ3v) is 3.37. The van der Waals surface area contributed by atoms with Crippen LogP contribution in [-0.2, 0) is 16.0 Å². The van der Waals surface area contributed by atoms with Crippen molar-refractivity contribution in [3.05, 3.63) is 39.9 Å². The van der Waals surface area contributed by atoms with Gasteiger partial charge < -0.3 is 10.4 Å². The lowest BCUT2D eigenvalue weighted by molar-refractivity contribution is -0.384. The Kier molecular flexibility index (Phi) is 6.67. The molecule has 0 aliphatic carbocycles. The van der Waals surface area contributed by atoms with Crippen molar-refractivity contribution in [3.8, 4) is 0 Å². The van der Waals surface area contributed by atoms with Gasteiger partial charge in [-0.3, -0.25) is 14.9 Å². The summed E-state index contributed by atoms with van der Waals surface area (Å²) in [6.07, 6.45) is 2.09. The largest absolute Gasteiger partial charge is 0.480 e. The van der Waals surface area contributed by atoms with E-state index in [0.717, 1.165) is 0 Å². The van der Waals surface area contributed by atoms with E-state index in [2.05, 4.69) is 5.32 Å². The van der Waals surface area contributed by atoms with Crippen molar-refractivity contribution in [1.29, 1.82) is 0 Å². The van der Waals surface area contributed by atoms with Crippen LogP contribution in [0.2, 0.25) is 0 Å². The summed E-state index contributed by atoms with van der Waals surface area (Å²) in [6, 6.07) is 4.77. The maximum Gasteiger partial charge on any atom is 0.326 e. The first-order valence-corrected chi connectivity index (χ1v) is 7.58. The number of nitro groups is 1. The maximum atomic E-state index is 11.8. The molecule has 0 radical (unpaired) electrons. The number of nitrogens with one attached hydrogen (secondary N) is 1. The molecule has 1 rings (SSSR count). The molecule has 1 amide bonds. The minimum Gasteiger partial charge on any atom is -0.480 e. The van der Waals surface area contributed by atoms with Crippen molar-refractivity contribution in [2.45, 2.75) is 18.9 Å². The van der Waals surface area contributed by atoms with Crippen molar-refractivity contribution < 1.29 is 19.6 Å². The normalized spacial score (nSPS) is 11.7. The number of nitro benzene ring substituents is 1. The molecule has 0 saturated heterocycles. The van der Waals surface area contributed by atoms with Gasteiger partial charge in [0.1, 0.15) is 6.04 Å². The lowest BCUT2D eigenvalue weighted by atomic mass is 10.1. The second kappa shape index (κ2) is 8.25. The maximum absolute atomic E-state index is 11.8. The lowest BCUT2D eigenvalue weighted by Gasteiger charge is -2.13. The van der Waals surface area contributed by atoms with Crippen molar-refractivity contribution in [1.82, 2.24) is 5.32 Å². The highest BCUT2D eigenvalue weighted by atomic mass is 32.2. The number of carboxylic acid groups (broad SMARTS) is 1. The summed E-state index contributed by atoms with van der Waals surface area (Å²) in [5.74, 6) is -0.936. The summed E-state index contributed by atoms with van der Waals surface area (Å²) < 4.78 is 0. The van der Waals surface area contributed by atoms with E-state index in [0.29, 0.717) is 17.7 Å². The van der Waals surface area contributed by atoms with Gasteiger partial charge in [-0.2, -0.15) is 11.8 Å². The quantitative estimate of drug-likeness (QED) is 0.555. The Morgan fingerprint density at radius 3 is 2.76 bits per heavy atom. The number of thioether (sulfide) groups is 1. The lowest BCUT2D eigenvalue weighted by Crippen LogP contribution is -2.41. The van der Waals surface area contributed by atoms with Gasteiger partial charge >= 0.3 is 5.97 Å². The third kappa shape index (κ3) is 5.82. The number of carbonyl (C=O) groups is 2. The van der Waals surface area contributed by atoms with Crippen LogP contribution in [0.5, 0.6) is 0 Å². The van der Waals surface area contributed by atoms with Crippen LogP contribution in [0.1, 0.15) is 12.0 Å². The number of nitrogens with zero attached hydrogens (tertiary/aromatic N) is 1. The Balaban J connectivity index is 2.65. The number of non-ortho nitro benzene ring substituents is 1. The SMILES string of the molecule is CSCC[C@H](NC(=O)Cc1cccc([N+](=O)[O-])c1)C(=O)O. The average molecular weight is 312 g/mol. The molecule has 0 unspecified atom stereocenters. The van der Waals surface area contributed by atoms with E-state index < -0.39 is 22.8 Å². The number of rotatable bonds is 8. The van der Waals surface area contributed by atoms with Gasteiger partial charge in [0.15, 0.2) is 0 Å². The van der Waals surface area contributed by atoms with Crippen molar-refractivity contribution >= 4 is 29.3 Å². The fourth-order valence-corrected chi connectivity index (χ4v) is 2.18. The minimum atomic E-state index is -1.09. The average Bonchev–Trinajstić information content (AvgIpc) is 2.43. The fourth-order valence-electron chi connectivity index (χ4n) is 1.70. The standard InChI is InChI=1S/C13H16N2O5S/c1-21-6-5-11(13(17)18)14-12(16)8-9-3-2-4-10(7-9)15(19)20/h2-4,7,11H,5-6,8H2,1H3,(H,14,16)(H,17,18)/t11-/m0/s1. The smallest absolute Gasteiger partial charge is 0.326 e. The second-order valence-corrected chi connectivity index (χ2v) is 5.33. The van der Waals surface area contributed by atoms with Crippen LogP contribution in [0.3, 0.4) is 0 Å². The number of aliphatic carboxylic acids is 1. The zero-order valence-electron chi connectivity index (χ0n) is 11.4. The molecule has 0 bridgehead atoms. The molecule has 1 atom stereocenters. The monoisotopic (exact) mass is 312 g/mol. The van der Waals surface area contributed by atoms with Crippen molar-refractivity contribution in [2.24, 2.45) is 0 Å². The summed E-state index contributed by atoms with van der Waals surface area (Å²) in [6.45, 7) is 0. The van der Waals surface area contributed by atoms with E-state index >= 15 is 0 Å². The van der Waals surface area contributed by atoms with Crippen LogP contribution in [0, 0.1) is 10.1 Å². The first-order chi connectivity index (χ1) is 9.93. The molecular weight excluding hydrogens is 296 g/mol. The van der Waals surface area contributed by atoms with E-state index in [-0.39, 0.29) is 12.1 Å². The van der Waals surface area contributed by atoms with E-state index in [4.69, 9.17) is 5.11 Å². The highest BCUT2D eigenvalue weighted by Crippen LogP contribution is 2.13. The van der Waals surface area contributed by atoms with E-state index in [9.17, 15) is 19.7 Å².